The molecule has 2 fully saturated rings. The maximum Gasteiger partial charge on any atom is 0.106 e. The summed E-state index contributed by atoms with van der Waals surface area (Å²) in [6, 6.07) is 4.90. The van der Waals surface area contributed by atoms with Crippen LogP contribution < -0.4 is 5.32 Å². The molecule has 3 rings (SSSR count). The molecule has 1 saturated carbocycles. The molecule has 2 heterocycles. The van der Waals surface area contributed by atoms with E-state index in [1.165, 1.54) is 24.8 Å². The maximum absolute atomic E-state index is 4.41. The second kappa shape index (κ2) is 5.68. The number of pyridine rings is 1. The summed E-state index contributed by atoms with van der Waals surface area (Å²) < 4.78 is 0.930. The van der Waals surface area contributed by atoms with Gasteiger partial charge in [-0.05, 0) is 46.3 Å². The van der Waals surface area contributed by atoms with Gasteiger partial charge in [-0.25, -0.2) is 4.98 Å². The van der Waals surface area contributed by atoms with Gasteiger partial charge in [0.2, 0.25) is 0 Å². The van der Waals surface area contributed by atoms with Crippen LogP contribution in [0.4, 0.5) is 0 Å². The van der Waals surface area contributed by atoms with Crippen molar-refractivity contribution in [3.8, 4) is 0 Å². The van der Waals surface area contributed by atoms with Gasteiger partial charge in [-0.1, -0.05) is 12.5 Å². The number of aromatic nitrogens is 1. The van der Waals surface area contributed by atoms with Gasteiger partial charge in [-0.2, -0.15) is 0 Å². The van der Waals surface area contributed by atoms with E-state index in [0.717, 1.165) is 36.7 Å². The van der Waals surface area contributed by atoms with Gasteiger partial charge in [-0.3, -0.25) is 4.90 Å². The minimum Gasteiger partial charge on any atom is -0.314 e. The Balaban J connectivity index is 1.81. The van der Waals surface area contributed by atoms with Crippen LogP contribution in [0.15, 0.2) is 22.9 Å². The zero-order valence-corrected chi connectivity index (χ0v) is 12.2. The predicted octanol–water partition coefficient (Wildman–Crippen LogP) is 2.59. The summed E-state index contributed by atoms with van der Waals surface area (Å²) in [5, 5.41) is 3.44. The summed E-state index contributed by atoms with van der Waals surface area (Å²) in [5.74, 6) is 0.839. The average molecular weight is 310 g/mol. The zero-order chi connectivity index (χ0) is 12.4. The van der Waals surface area contributed by atoms with Crippen molar-refractivity contribution in [2.45, 2.75) is 25.3 Å². The Morgan fingerprint density at radius 3 is 2.61 bits per heavy atom. The molecule has 1 N–H and O–H groups in total. The van der Waals surface area contributed by atoms with Crippen LogP contribution in [0, 0.1) is 5.92 Å². The number of hydrogen-bond acceptors (Lipinski definition) is 3. The number of nitrogens with one attached hydrogen (secondary N) is 1. The predicted molar refractivity (Wildman–Crippen MR) is 76.5 cm³/mol. The van der Waals surface area contributed by atoms with E-state index in [1.807, 2.05) is 0 Å². The molecule has 0 unspecified atom stereocenters. The molecular formula is C14H20BrN3. The van der Waals surface area contributed by atoms with Crippen molar-refractivity contribution in [2.75, 3.05) is 26.2 Å². The quantitative estimate of drug-likeness (QED) is 0.870. The molecular weight excluding hydrogens is 290 g/mol. The molecule has 0 aromatic carbocycles. The number of nitrogens with zero attached hydrogens (tertiary/aromatic N) is 2. The minimum absolute atomic E-state index is 0.585. The van der Waals surface area contributed by atoms with Crippen LogP contribution in [0.5, 0.6) is 0 Å². The zero-order valence-electron chi connectivity index (χ0n) is 10.6. The van der Waals surface area contributed by atoms with Gasteiger partial charge in [0.1, 0.15) is 4.60 Å². The number of rotatable bonds is 3. The third-order valence-electron chi connectivity index (χ3n) is 4.23. The standard InChI is InChI=1S/C14H20BrN3/c15-13-5-4-12(10-17-13)14(11-2-1-3-11)18-8-6-16-7-9-18/h4-5,10-11,14,16H,1-3,6-9H2/t14-/m1/s1. The second-order valence-corrected chi connectivity index (χ2v) is 6.15. The molecule has 0 amide bonds. The monoisotopic (exact) mass is 309 g/mol. The number of halogens is 1. The summed E-state index contributed by atoms with van der Waals surface area (Å²) in [4.78, 5) is 7.05. The lowest BCUT2D eigenvalue weighted by Crippen LogP contribution is -2.47. The summed E-state index contributed by atoms with van der Waals surface area (Å²) in [6.07, 6.45) is 6.21. The van der Waals surface area contributed by atoms with Crippen molar-refractivity contribution in [3.63, 3.8) is 0 Å². The summed E-state index contributed by atoms with van der Waals surface area (Å²) >= 11 is 3.42. The summed E-state index contributed by atoms with van der Waals surface area (Å²) in [5.41, 5.74) is 1.39. The molecule has 1 atom stereocenters. The van der Waals surface area contributed by atoms with Crippen molar-refractivity contribution in [2.24, 2.45) is 5.92 Å². The molecule has 18 heavy (non-hydrogen) atoms. The molecule has 0 spiro atoms. The molecule has 3 nitrogen and oxygen atoms in total. The smallest absolute Gasteiger partial charge is 0.106 e. The van der Waals surface area contributed by atoms with E-state index < -0.39 is 0 Å². The molecule has 1 saturated heterocycles. The minimum atomic E-state index is 0.585. The van der Waals surface area contributed by atoms with E-state index in [-0.39, 0.29) is 0 Å². The van der Waals surface area contributed by atoms with Gasteiger partial charge < -0.3 is 5.32 Å². The summed E-state index contributed by atoms with van der Waals surface area (Å²) in [7, 11) is 0. The van der Waals surface area contributed by atoms with E-state index in [0.29, 0.717) is 6.04 Å². The first-order valence-corrected chi connectivity index (χ1v) is 7.70. The Kier molecular flexibility index (Phi) is 3.97. The first kappa shape index (κ1) is 12.6. The van der Waals surface area contributed by atoms with E-state index >= 15 is 0 Å². The Morgan fingerprint density at radius 2 is 2.06 bits per heavy atom. The molecule has 0 bridgehead atoms. The van der Waals surface area contributed by atoms with Crippen molar-refractivity contribution >= 4 is 15.9 Å². The van der Waals surface area contributed by atoms with Crippen LogP contribution in [0.1, 0.15) is 30.9 Å². The van der Waals surface area contributed by atoms with Crippen molar-refractivity contribution in [1.29, 1.82) is 0 Å². The average Bonchev–Trinajstić information content (AvgIpc) is 2.36. The summed E-state index contributed by atoms with van der Waals surface area (Å²) in [6.45, 7) is 4.56. The largest absolute Gasteiger partial charge is 0.314 e. The van der Waals surface area contributed by atoms with Crippen LogP contribution in [-0.4, -0.2) is 36.1 Å². The van der Waals surface area contributed by atoms with Gasteiger partial charge in [0.15, 0.2) is 0 Å². The van der Waals surface area contributed by atoms with E-state index in [2.05, 4.69) is 49.5 Å². The van der Waals surface area contributed by atoms with E-state index in [1.54, 1.807) is 0 Å². The normalized spacial score (nSPS) is 23.6. The van der Waals surface area contributed by atoms with Gasteiger partial charge in [-0.15, -0.1) is 0 Å². The highest BCUT2D eigenvalue weighted by Crippen LogP contribution is 2.41. The van der Waals surface area contributed by atoms with Crippen LogP contribution in [0.2, 0.25) is 0 Å². The SMILES string of the molecule is Brc1ccc([C@@H](C2CCC2)N2CCNCC2)cn1. The first-order chi connectivity index (χ1) is 8.84. The number of hydrogen-bond donors (Lipinski definition) is 1. The molecule has 1 aliphatic heterocycles. The van der Waals surface area contributed by atoms with Crippen molar-refractivity contribution in [1.82, 2.24) is 15.2 Å². The van der Waals surface area contributed by atoms with Gasteiger partial charge in [0, 0.05) is 38.4 Å². The molecule has 1 aromatic heterocycles. The lowest BCUT2D eigenvalue weighted by molar-refractivity contribution is 0.0835. The van der Waals surface area contributed by atoms with Crippen LogP contribution >= 0.6 is 15.9 Å². The fraction of sp³-hybridized carbons (Fsp3) is 0.643. The third-order valence-corrected chi connectivity index (χ3v) is 4.70. The molecule has 4 heteroatoms. The van der Waals surface area contributed by atoms with Gasteiger partial charge in [0.05, 0.1) is 0 Å². The lowest BCUT2D eigenvalue weighted by atomic mass is 9.76. The van der Waals surface area contributed by atoms with Gasteiger partial charge >= 0.3 is 0 Å². The second-order valence-electron chi connectivity index (χ2n) is 5.34. The Bertz CT molecular complexity index is 383. The van der Waals surface area contributed by atoms with Crippen LogP contribution in [0.25, 0.3) is 0 Å². The highest BCUT2D eigenvalue weighted by molar-refractivity contribution is 9.10. The van der Waals surface area contributed by atoms with Gasteiger partial charge in [0.25, 0.3) is 0 Å². The fourth-order valence-electron chi connectivity index (χ4n) is 3.06. The Labute approximate surface area is 117 Å². The highest BCUT2D eigenvalue weighted by atomic mass is 79.9. The van der Waals surface area contributed by atoms with Crippen molar-refractivity contribution in [3.05, 3.63) is 28.5 Å². The maximum atomic E-state index is 4.41. The Morgan fingerprint density at radius 1 is 1.28 bits per heavy atom. The highest BCUT2D eigenvalue weighted by Gasteiger charge is 2.33. The van der Waals surface area contributed by atoms with E-state index in [9.17, 15) is 0 Å². The topological polar surface area (TPSA) is 28.2 Å². The fourth-order valence-corrected chi connectivity index (χ4v) is 3.29. The third kappa shape index (κ3) is 2.60. The first-order valence-electron chi connectivity index (χ1n) is 6.91. The van der Waals surface area contributed by atoms with E-state index in [4.69, 9.17) is 0 Å². The Hall–Kier alpha value is -0.450. The molecule has 1 aliphatic carbocycles. The number of piperazine rings is 1. The van der Waals surface area contributed by atoms with Crippen LogP contribution in [-0.2, 0) is 0 Å². The van der Waals surface area contributed by atoms with Crippen LogP contribution in [0.3, 0.4) is 0 Å². The lowest BCUT2D eigenvalue weighted by Gasteiger charge is -2.43. The molecule has 98 valence electrons. The van der Waals surface area contributed by atoms with Crippen molar-refractivity contribution < 1.29 is 0 Å². The molecule has 0 radical (unpaired) electrons. The molecule has 1 aromatic rings. The molecule has 2 aliphatic rings.